The van der Waals surface area contributed by atoms with Gasteiger partial charge in [0.25, 0.3) is 0 Å². The van der Waals surface area contributed by atoms with Crippen LogP contribution in [0.15, 0.2) is 30.5 Å². The predicted molar refractivity (Wildman–Crippen MR) is 83.6 cm³/mol. The normalized spacial score (nSPS) is 13.4. The second-order valence-corrected chi connectivity index (χ2v) is 6.58. The van der Waals surface area contributed by atoms with Crippen molar-refractivity contribution in [1.29, 1.82) is 0 Å². The summed E-state index contributed by atoms with van der Waals surface area (Å²) in [6.45, 7) is 9.25. The molecule has 0 aliphatic rings. The van der Waals surface area contributed by atoms with E-state index in [9.17, 15) is 4.39 Å². The highest BCUT2D eigenvalue weighted by Gasteiger charge is 2.21. The summed E-state index contributed by atoms with van der Waals surface area (Å²) in [4.78, 5) is 0. The molecular formula is C17H24FN3. The van der Waals surface area contributed by atoms with Crippen LogP contribution in [-0.2, 0) is 19.0 Å². The van der Waals surface area contributed by atoms with Crippen LogP contribution in [-0.4, -0.2) is 9.78 Å². The summed E-state index contributed by atoms with van der Waals surface area (Å²) in [7, 11) is 1.94. The fourth-order valence-corrected chi connectivity index (χ4v) is 2.46. The van der Waals surface area contributed by atoms with E-state index in [1.54, 1.807) is 12.1 Å². The summed E-state index contributed by atoms with van der Waals surface area (Å²) in [5.41, 5.74) is 3.26. The average molecular weight is 289 g/mol. The van der Waals surface area contributed by atoms with Crippen LogP contribution in [0.25, 0.3) is 0 Å². The number of aromatic nitrogens is 2. The van der Waals surface area contributed by atoms with Crippen molar-refractivity contribution in [3.63, 3.8) is 0 Å². The Labute approximate surface area is 126 Å². The molecule has 0 amide bonds. The van der Waals surface area contributed by atoms with Gasteiger partial charge in [0, 0.05) is 36.8 Å². The van der Waals surface area contributed by atoms with E-state index in [1.165, 1.54) is 11.6 Å². The molecule has 0 saturated carbocycles. The molecule has 0 saturated heterocycles. The number of nitrogens with one attached hydrogen (secondary N) is 1. The summed E-state index contributed by atoms with van der Waals surface area (Å²) in [6.07, 6.45) is 2.05. The van der Waals surface area contributed by atoms with Gasteiger partial charge in [0.15, 0.2) is 0 Å². The van der Waals surface area contributed by atoms with Crippen molar-refractivity contribution in [3.8, 4) is 0 Å². The SMILES string of the molecule is CC(NCc1cn(C)nc1C(C)(C)C)c1cccc(F)c1. The first-order chi connectivity index (χ1) is 9.77. The molecule has 3 nitrogen and oxygen atoms in total. The molecule has 1 heterocycles. The lowest BCUT2D eigenvalue weighted by atomic mass is 9.89. The lowest BCUT2D eigenvalue weighted by Crippen LogP contribution is -2.21. The summed E-state index contributed by atoms with van der Waals surface area (Å²) in [5, 5.41) is 8.01. The summed E-state index contributed by atoms with van der Waals surface area (Å²) in [5.74, 6) is -0.196. The molecule has 0 bridgehead atoms. The van der Waals surface area contributed by atoms with Gasteiger partial charge >= 0.3 is 0 Å². The Morgan fingerprint density at radius 3 is 2.67 bits per heavy atom. The van der Waals surface area contributed by atoms with E-state index in [1.807, 2.05) is 30.9 Å². The van der Waals surface area contributed by atoms with E-state index < -0.39 is 0 Å². The Morgan fingerprint density at radius 2 is 2.05 bits per heavy atom. The van der Waals surface area contributed by atoms with Crippen molar-refractivity contribution in [2.45, 2.75) is 45.7 Å². The predicted octanol–water partition coefficient (Wildman–Crippen LogP) is 3.71. The van der Waals surface area contributed by atoms with E-state index in [2.05, 4.69) is 31.2 Å². The molecular weight excluding hydrogens is 265 g/mol. The maximum Gasteiger partial charge on any atom is 0.123 e. The first-order valence-electron chi connectivity index (χ1n) is 7.29. The average Bonchev–Trinajstić information content (AvgIpc) is 2.77. The standard InChI is InChI=1S/C17H24FN3/c1-12(13-7-6-8-15(18)9-13)19-10-14-11-21(5)20-16(14)17(2,3)4/h6-9,11-12,19H,10H2,1-5H3. The Kier molecular flexibility index (Phi) is 4.47. The lowest BCUT2D eigenvalue weighted by molar-refractivity contribution is 0.529. The highest BCUT2D eigenvalue weighted by Crippen LogP contribution is 2.24. The lowest BCUT2D eigenvalue weighted by Gasteiger charge is -2.19. The van der Waals surface area contributed by atoms with Crippen LogP contribution >= 0.6 is 0 Å². The van der Waals surface area contributed by atoms with Gasteiger partial charge in [0.1, 0.15) is 5.82 Å². The molecule has 1 N–H and O–H groups in total. The van der Waals surface area contributed by atoms with Gasteiger partial charge < -0.3 is 5.32 Å². The molecule has 114 valence electrons. The molecule has 1 atom stereocenters. The third kappa shape index (κ3) is 3.91. The van der Waals surface area contributed by atoms with Crippen LogP contribution in [0.1, 0.15) is 50.6 Å². The van der Waals surface area contributed by atoms with Crippen LogP contribution < -0.4 is 5.32 Å². The van der Waals surface area contributed by atoms with Crippen LogP contribution in [0.3, 0.4) is 0 Å². The monoisotopic (exact) mass is 289 g/mol. The summed E-state index contributed by atoms with van der Waals surface area (Å²) < 4.78 is 15.1. The smallest absolute Gasteiger partial charge is 0.123 e. The molecule has 4 heteroatoms. The van der Waals surface area contributed by atoms with Crippen molar-refractivity contribution < 1.29 is 4.39 Å². The van der Waals surface area contributed by atoms with E-state index in [-0.39, 0.29) is 17.3 Å². The van der Waals surface area contributed by atoms with E-state index in [4.69, 9.17) is 0 Å². The van der Waals surface area contributed by atoms with E-state index >= 15 is 0 Å². The number of aryl methyl sites for hydroxylation is 1. The Balaban J connectivity index is 2.10. The van der Waals surface area contributed by atoms with Crippen LogP contribution in [0.4, 0.5) is 4.39 Å². The number of hydrogen-bond donors (Lipinski definition) is 1. The molecule has 1 unspecified atom stereocenters. The molecule has 0 aliphatic carbocycles. The van der Waals surface area contributed by atoms with Gasteiger partial charge in [0.2, 0.25) is 0 Å². The maximum atomic E-state index is 13.3. The molecule has 21 heavy (non-hydrogen) atoms. The molecule has 0 fully saturated rings. The number of nitrogens with zero attached hydrogens (tertiary/aromatic N) is 2. The van der Waals surface area contributed by atoms with Crippen molar-refractivity contribution >= 4 is 0 Å². The largest absolute Gasteiger partial charge is 0.306 e. The fourth-order valence-electron chi connectivity index (χ4n) is 2.46. The van der Waals surface area contributed by atoms with Gasteiger partial charge in [-0.05, 0) is 24.6 Å². The summed E-state index contributed by atoms with van der Waals surface area (Å²) >= 11 is 0. The minimum absolute atomic E-state index is 0.0143. The zero-order valence-corrected chi connectivity index (χ0v) is 13.4. The van der Waals surface area contributed by atoms with Gasteiger partial charge in [-0.3, -0.25) is 4.68 Å². The highest BCUT2D eigenvalue weighted by molar-refractivity contribution is 5.25. The van der Waals surface area contributed by atoms with Crippen molar-refractivity contribution in [2.75, 3.05) is 0 Å². The molecule has 1 aromatic carbocycles. The Bertz CT molecular complexity index is 611. The third-order valence-corrected chi connectivity index (χ3v) is 3.56. The minimum atomic E-state index is -0.196. The minimum Gasteiger partial charge on any atom is -0.306 e. The zero-order valence-electron chi connectivity index (χ0n) is 13.4. The number of halogens is 1. The second kappa shape index (κ2) is 5.98. The summed E-state index contributed by atoms with van der Waals surface area (Å²) in [6, 6.07) is 6.82. The van der Waals surface area contributed by atoms with Crippen molar-refractivity contribution in [3.05, 3.63) is 53.1 Å². The topological polar surface area (TPSA) is 29.9 Å². The molecule has 1 aromatic heterocycles. The highest BCUT2D eigenvalue weighted by atomic mass is 19.1. The quantitative estimate of drug-likeness (QED) is 0.930. The maximum absolute atomic E-state index is 13.3. The third-order valence-electron chi connectivity index (χ3n) is 3.56. The number of benzene rings is 1. The van der Waals surface area contributed by atoms with E-state index in [0.717, 1.165) is 17.8 Å². The van der Waals surface area contributed by atoms with Crippen LogP contribution in [0.2, 0.25) is 0 Å². The van der Waals surface area contributed by atoms with Crippen LogP contribution in [0.5, 0.6) is 0 Å². The zero-order chi connectivity index (χ0) is 15.6. The van der Waals surface area contributed by atoms with Crippen molar-refractivity contribution in [2.24, 2.45) is 7.05 Å². The molecule has 0 spiro atoms. The second-order valence-electron chi connectivity index (χ2n) is 6.58. The number of hydrogen-bond acceptors (Lipinski definition) is 2. The van der Waals surface area contributed by atoms with Gasteiger partial charge in [-0.15, -0.1) is 0 Å². The molecule has 0 aliphatic heterocycles. The van der Waals surface area contributed by atoms with E-state index in [0.29, 0.717) is 0 Å². The van der Waals surface area contributed by atoms with Gasteiger partial charge in [0.05, 0.1) is 5.69 Å². The van der Waals surface area contributed by atoms with Gasteiger partial charge in [-0.2, -0.15) is 5.10 Å². The Hall–Kier alpha value is -1.68. The van der Waals surface area contributed by atoms with Gasteiger partial charge in [-0.1, -0.05) is 32.9 Å². The van der Waals surface area contributed by atoms with Gasteiger partial charge in [-0.25, -0.2) is 4.39 Å². The molecule has 2 rings (SSSR count). The van der Waals surface area contributed by atoms with Crippen molar-refractivity contribution in [1.82, 2.24) is 15.1 Å². The number of rotatable bonds is 4. The Morgan fingerprint density at radius 1 is 1.33 bits per heavy atom. The molecule has 0 radical (unpaired) electrons. The van der Waals surface area contributed by atoms with Crippen LogP contribution in [0, 0.1) is 5.82 Å². The molecule has 2 aromatic rings. The first kappa shape index (κ1) is 15.7. The fraction of sp³-hybridized carbons (Fsp3) is 0.471. The first-order valence-corrected chi connectivity index (χ1v) is 7.29.